The number of nitrogens with one attached hydrogen (secondary N) is 3. The molecule has 0 aromatic carbocycles. The summed E-state index contributed by atoms with van der Waals surface area (Å²) in [7, 11) is 0. The minimum absolute atomic E-state index is 0.0316. The predicted molar refractivity (Wildman–Crippen MR) is 185 cm³/mol. The minimum Gasteiger partial charge on any atom is -0.378 e. The zero-order valence-electron chi connectivity index (χ0n) is 30.0. The lowest BCUT2D eigenvalue weighted by molar-refractivity contribution is -0.198. The van der Waals surface area contributed by atoms with Gasteiger partial charge in [-0.25, -0.2) is 9.59 Å². The topological polar surface area (TPSA) is 208 Å². The van der Waals surface area contributed by atoms with Crippen LogP contribution in [0.3, 0.4) is 0 Å². The lowest BCUT2D eigenvalue weighted by Crippen LogP contribution is -2.36. The van der Waals surface area contributed by atoms with Gasteiger partial charge in [0.05, 0.1) is 124 Å². The number of unbranched alkanes of at least 4 members (excludes halogenated alkanes) is 1. The van der Waals surface area contributed by atoms with Crippen molar-refractivity contribution in [1.29, 1.82) is 0 Å². The van der Waals surface area contributed by atoms with Gasteiger partial charge in [-0.3, -0.25) is 14.4 Å². The fourth-order valence-corrected chi connectivity index (χ4v) is 6.77. The Kier molecular flexibility index (Phi) is 23.5. The maximum atomic E-state index is 12.0. The molecule has 298 valence electrons. The third-order valence-electron chi connectivity index (χ3n) is 7.90. The molecule has 3 N–H and O–H groups in total. The van der Waals surface area contributed by atoms with Gasteiger partial charge in [-0.15, -0.1) is 5.06 Å². The Morgan fingerprint density at radius 1 is 0.635 bits per heavy atom. The summed E-state index contributed by atoms with van der Waals surface area (Å²) in [6.07, 6.45) is 3.33. The molecule has 3 rings (SSSR count). The third kappa shape index (κ3) is 19.5. The summed E-state index contributed by atoms with van der Waals surface area (Å²) in [5.41, 5.74) is 0. The molecule has 0 aliphatic carbocycles. The molecule has 18 nitrogen and oxygen atoms in total. The number of hydrogen-bond donors (Lipinski definition) is 3. The number of nitrogens with zero attached hydrogens (tertiary/aromatic N) is 1. The monoisotopic (exact) mass is 764 g/mol. The first-order chi connectivity index (χ1) is 25.4. The van der Waals surface area contributed by atoms with E-state index in [2.05, 4.69) is 16.0 Å². The number of fused-ring (bicyclic) bond motifs is 1. The van der Waals surface area contributed by atoms with E-state index in [-0.39, 0.29) is 56.5 Å². The number of imide groups is 1. The van der Waals surface area contributed by atoms with Crippen molar-refractivity contribution in [1.82, 2.24) is 21.0 Å². The van der Waals surface area contributed by atoms with E-state index < -0.39 is 17.8 Å². The molecule has 0 radical (unpaired) electrons. The summed E-state index contributed by atoms with van der Waals surface area (Å²) in [6, 6.07) is 0.384. The van der Waals surface area contributed by atoms with E-state index in [1.807, 2.05) is 11.8 Å². The van der Waals surface area contributed by atoms with Crippen molar-refractivity contribution < 1.29 is 66.7 Å². The molecule has 19 heteroatoms. The number of urea groups is 1. The largest absolute Gasteiger partial charge is 0.378 e. The Hall–Kier alpha value is -2.62. The van der Waals surface area contributed by atoms with Gasteiger partial charge in [0, 0.05) is 36.8 Å². The molecule has 3 fully saturated rings. The Labute approximate surface area is 309 Å². The predicted octanol–water partition coefficient (Wildman–Crippen LogP) is -0.0415. The van der Waals surface area contributed by atoms with Crippen molar-refractivity contribution in [3.8, 4) is 0 Å². The van der Waals surface area contributed by atoms with Gasteiger partial charge in [0.1, 0.15) is 0 Å². The van der Waals surface area contributed by atoms with Gasteiger partial charge in [0.15, 0.2) is 0 Å². The Bertz CT molecular complexity index is 1040. The number of hydroxylamine groups is 2. The van der Waals surface area contributed by atoms with Gasteiger partial charge in [-0.2, -0.15) is 11.8 Å². The fourth-order valence-electron chi connectivity index (χ4n) is 5.23. The summed E-state index contributed by atoms with van der Waals surface area (Å²) >= 11 is 1.89. The number of carbonyl (C=O) groups is 5. The van der Waals surface area contributed by atoms with E-state index in [1.165, 1.54) is 0 Å². The molecule has 3 heterocycles. The Balaban J connectivity index is 0.922. The molecular formula is C33H56N4O14S. The molecule has 3 saturated heterocycles. The molecule has 0 bridgehead atoms. The van der Waals surface area contributed by atoms with Crippen LogP contribution in [0.25, 0.3) is 0 Å². The highest BCUT2D eigenvalue weighted by Gasteiger charge is 2.42. The smallest absolute Gasteiger partial charge is 0.335 e. The Morgan fingerprint density at radius 3 is 1.63 bits per heavy atom. The average molecular weight is 765 g/mol. The highest BCUT2D eigenvalue weighted by Crippen LogP contribution is 2.33. The summed E-state index contributed by atoms with van der Waals surface area (Å²) in [5, 5.41) is 9.77. The lowest BCUT2D eigenvalue weighted by Gasteiger charge is -2.16. The molecule has 0 saturated carbocycles. The van der Waals surface area contributed by atoms with Crippen LogP contribution in [0.5, 0.6) is 0 Å². The minimum atomic E-state index is -0.703. The van der Waals surface area contributed by atoms with Crippen molar-refractivity contribution in [2.45, 2.75) is 62.3 Å². The molecule has 0 spiro atoms. The fraction of sp³-hybridized carbons (Fsp3) is 0.848. The number of carbonyl (C=O) groups excluding carboxylic acids is 5. The van der Waals surface area contributed by atoms with Gasteiger partial charge in [0.25, 0.3) is 11.8 Å². The standard InChI is InChI=1S/C33H56N4O14S/c38-28(4-2-1-3-27-32-26(25-52-27)35-33(42)36-32)34-8-10-44-12-14-46-16-18-48-20-22-50-24-23-49-21-19-47-17-15-45-13-11-43-9-7-31(41)51-37-29(39)5-6-30(37)40/h26-27,32H,1-25H2,(H,34,38)(H2,35,36,42). The highest BCUT2D eigenvalue weighted by atomic mass is 32.2. The number of ether oxygens (including phenoxy) is 8. The zero-order valence-corrected chi connectivity index (χ0v) is 30.8. The first-order valence-electron chi connectivity index (χ1n) is 18.1. The van der Waals surface area contributed by atoms with Crippen LogP contribution in [-0.4, -0.2) is 170 Å². The van der Waals surface area contributed by atoms with Crippen molar-refractivity contribution in [2.24, 2.45) is 0 Å². The van der Waals surface area contributed by atoms with Gasteiger partial charge in [-0.05, 0) is 12.8 Å². The quantitative estimate of drug-likeness (QED) is 0.0455. The van der Waals surface area contributed by atoms with Crippen LogP contribution in [0.4, 0.5) is 4.79 Å². The number of rotatable bonds is 33. The second-order valence-electron chi connectivity index (χ2n) is 11.9. The summed E-state index contributed by atoms with van der Waals surface area (Å²) < 4.78 is 43.5. The Morgan fingerprint density at radius 2 is 1.12 bits per heavy atom. The SMILES string of the molecule is O=C(CCCCC1SCC2NC(=O)NC21)NCCOCCOCCOCCOCCOCCOCCOCCOCCC(=O)ON1C(=O)CCC1=O. The third-order valence-corrected chi connectivity index (χ3v) is 9.41. The van der Waals surface area contributed by atoms with Crippen LogP contribution < -0.4 is 16.0 Å². The maximum absolute atomic E-state index is 12.0. The first-order valence-corrected chi connectivity index (χ1v) is 19.1. The zero-order chi connectivity index (χ0) is 37.1. The molecule has 0 aromatic rings. The maximum Gasteiger partial charge on any atom is 0.335 e. The van der Waals surface area contributed by atoms with Crippen LogP contribution >= 0.6 is 11.8 Å². The second-order valence-corrected chi connectivity index (χ2v) is 13.2. The number of hydrogen-bond acceptors (Lipinski definition) is 15. The summed E-state index contributed by atoms with van der Waals surface area (Å²) in [5.74, 6) is -0.746. The van der Waals surface area contributed by atoms with Crippen LogP contribution in [0, 0.1) is 0 Å². The van der Waals surface area contributed by atoms with Crippen molar-refractivity contribution in [2.75, 3.05) is 118 Å². The van der Waals surface area contributed by atoms with Crippen molar-refractivity contribution in [3.63, 3.8) is 0 Å². The molecule has 3 atom stereocenters. The van der Waals surface area contributed by atoms with E-state index in [9.17, 15) is 24.0 Å². The molecule has 3 aliphatic rings. The van der Waals surface area contributed by atoms with Gasteiger partial charge < -0.3 is 58.7 Å². The van der Waals surface area contributed by atoms with Crippen LogP contribution in [0.1, 0.15) is 44.9 Å². The van der Waals surface area contributed by atoms with Crippen LogP contribution in [0.2, 0.25) is 0 Å². The second kappa shape index (κ2) is 27.9. The lowest BCUT2D eigenvalue weighted by atomic mass is 10.0. The molecule has 3 unspecified atom stereocenters. The van der Waals surface area contributed by atoms with Gasteiger partial charge in [0.2, 0.25) is 5.91 Å². The van der Waals surface area contributed by atoms with E-state index in [0.717, 1.165) is 25.0 Å². The molecule has 0 aromatic heterocycles. The molecular weight excluding hydrogens is 708 g/mol. The normalized spacial score (nSPS) is 19.6. The molecule has 3 aliphatic heterocycles. The van der Waals surface area contributed by atoms with Crippen LogP contribution in [-0.2, 0) is 61.9 Å². The van der Waals surface area contributed by atoms with E-state index in [0.29, 0.717) is 116 Å². The highest BCUT2D eigenvalue weighted by molar-refractivity contribution is 8.00. The molecule has 52 heavy (non-hydrogen) atoms. The summed E-state index contributed by atoms with van der Waals surface area (Å²) in [6.45, 7) is 6.89. The van der Waals surface area contributed by atoms with Gasteiger partial charge >= 0.3 is 12.0 Å². The first kappa shape index (κ1) is 43.8. The van der Waals surface area contributed by atoms with Crippen molar-refractivity contribution in [3.05, 3.63) is 0 Å². The van der Waals surface area contributed by atoms with Gasteiger partial charge in [-0.1, -0.05) is 6.42 Å². The van der Waals surface area contributed by atoms with E-state index >= 15 is 0 Å². The average Bonchev–Trinajstić information content (AvgIpc) is 3.79. The molecule has 5 amide bonds. The van der Waals surface area contributed by atoms with E-state index in [1.54, 1.807) is 0 Å². The summed E-state index contributed by atoms with van der Waals surface area (Å²) in [4.78, 5) is 62.7. The van der Waals surface area contributed by atoms with Crippen molar-refractivity contribution >= 4 is 41.5 Å². The number of thioether (sulfide) groups is 1. The van der Waals surface area contributed by atoms with Crippen LogP contribution in [0.15, 0.2) is 0 Å². The number of amides is 5. The van der Waals surface area contributed by atoms with E-state index in [4.69, 9.17) is 42.7 Å².